The van der Waals surface area contributed by atoms with Gasteiger partial charge < -0.3 is 4.52 Å². The lowest BCUT2D eigenvalue weighted by atomic mass is 10.2. The standard InChI is InChI=1S/C13H19N3O2S/c1-8-10-7-14-11(6-12(10)18-15-8)9(2)16-19(17)13(3,4)5/h6-7,9,16H,1-5H3/t9-,19-/m1/s1. The molecule has 0 spiro atoms. The number of hydrogen-bond acceptors (Lipinski definition) is 4. The van der Waals surface area contributed by atoms with Gasteiger partial charge in [0, 0.05) is 12.3 Å². The highest BCUT2D eigenvalue weighted by Crippen LogP contribution is 2.21. The molecule has 0 bridgehead atoms. The summed E-state index contributed by atoms with van der Waals surface area (Å²) >= 11 is 0. The molecule has 0 aliphatic rings. The zero-order valence-electron chi connectivity index (χ0n) is 11.9. The van der Waals surface area contributed by atoms with E-state index in [1.54, 1.807) is 6.20 Å². The molecule has 2 heterocycles. The Hall–Kier alpha value is -1.27. The maximum absolute atomic E-state index is 12.1. The van der Waals surface area contributed by atoms with Gasteiger partial charge in [-0.25, -0.2) is 8.93 Å². The summed E-state index contributed by atoms with van der Waals surface area (Å²) in [6.07, 6.45) is 1.74. The number of nitrogens with zero attached hydrogens (tertiary/aromatic N) is 2. The Morgan fingerprint density at radius 1 is 1.42 bits per heavy atom. The summed E-state index contributed by atoms with van der Waals surface area (Å²) in [7, 11) is -1.13. The third kappa shape index (κ3) is 3.01. The molecular weight excluding hydrogens is 262 g/mol. The molecule has 0 fully saturated rings. The number of fused-ring (bicyclic) bond motifs is 1. The van der Waals surface area contributed by atoms with E-state index < -0.39 is 11.0 Å². The van der Waals surface area contributed by atoms with Crippen molar-refractivity contribution in [2.75, 3.05) is 0 Å². The molecule has 6 heteroatoms. The molecule has 104 valence electrons. The Morgan fingerprint density at radius 3 is 2.74 bits per heavy atom. The summed E-state index contributed by atoms with van der Waals surface area (Å²) in [4.78, 5) is 4.38. The lowest BCUT2D eigenvalue weighted by Gasteiger charge is -2.21. The van der Waals surface area contributed by atoms with Crippen LogP contribution in [0.15, 0.2) is 16.8 Å². The second-order valence-corrected chi connectivity index (χ2v) is 7.59. The topological polar surface area (TPSA) is 68.0 Å². The van der Waals surface area contributed by atoms with E-state index in [1.807, 2.05) is 40.7 Å². The second kappa shape index (κ2) is 5.02. The highest BCUT2D eigenvalue weighted by Gasteiger charge is 2.22. The van der Waals surface area contributed by atoms with Gasteiger partial charge in [-0.3, -0.25) is 4.98 Å². The van der Waals surface area contributed by atoms with Crippen molar-refractivity contribution in [2.45, 2.75) is 45.4 Å². The summed E-state index contributed by atoms with van der Waals surface area (Å²) < 4.78 is 20.0. The SMILES string of the molecule is Cc1noc2cc([C@@H](C)N[S@](=O)C(C)(C)C)ncc12. The molecule has 5 nitrogen and oxygen atoms in total. The molecule has 2 aromatic heterocycles. The van der Waals surface area contributed by atoms with Gasteiger partial charge in [0.15, 0.2) is 5.58 Å². The molecule has 0 aromatic carbocycles. The molecule has 1 N–H and O–H groups in total. The molecule has 19 heavy (non-hydrogen) atoms. The van der Waals surface area contributed by atoms with Gasteiger partial charge in [0.2, 0.25) is 0 Å². The Labute approximate surface area is 115 Å². The molecule has 2 rings (SSSR count). The minimum absolute atomic E-state index is 0.116. The summed E-state index contributed by atoms with van der Waals surface area (Å²) in [5.74, 6) is 0. The first-order chi connectivity index (χ1) is 8.79. The molecule has 0 aliphatic carbocycles. The maximum atomic E-state index is 12.1. The van der Waals surface area contributed by atoms with Gasteiger partial charge in [0.05, 0.1) is 38.5 Å². The van der Waals surface area contributed by atoms with Crippen LogP contribution in [-0.4, -0.2) is 19.1 Å². The van der Waals surface area contributed by atoms with Crippen molar-refractivity contribution in [1.29, 1.82) is 0 Å². The lowest BCUT2D eigenvalue weighted by molar-refractivity contribution is 0.449. The average molecular weight is 281 g/mol. The van der Waals surface area contributed by atoms with Crippen molar-refractivity contribution in [3.63, 3.8) is 0 Å². The molecule has 2 aromatic rings. The van der Waals surface area contributed by atoms with Gasteiger partial charge in [0.25, 0.3) is 0 Å². The molecule has 0 saturated carbocycles. The van der Waals surface area contributed by atoms with Crippen molar-refractivity contribution < 1.29 is 8.73 Å². The monoisotopic (exact) mass is 281 g/mol. The molecule has 0 radical (unpaired) electrons. The van der Waals surface area contributed by atoms with Crippen LogP contribution in [-0.2, 0) is 11.0 Å². The largest absolute Gasteiger partial charge is 0.356 e. The van der Waals surface area contributed by atoms with Gasteiger partial charge in [0.1, 0.15) is 0 Å². The van der Waals surface area contributed by atoms with Gasteiger partial charge >= 0.3 is 0 Å². The maximum Gasteiger partial charge on any atom is 0.170 e. The molecule has 2 atom stereocenters. The van der Waals surface area contributed by atoms with Crippen LogP contribution in [0.4, 0.5) is 0 Å². The van der Waals surface area contributed by atoms with Gasteiger partial charge in [-0.05, 0) is 34.6 Å². The predicted molar refractivity (Wildman–Crippen MR) is 76.0 cm³/mol. The minimum atomic E-state index is -1.13. The summed E-state index contributed by atoms with van der Waals surface area (Å²) in [6, 6.07) is 1.72. The van der Waals surface area contributed by atoms with Crippen LogP contribution in [0.25, 0.3) is 11.0 Å². The molecule has 0 aliphatic heterocycles. The van der Waals surface area contributed by atoms with Crippen LogP contribution in [0, 0.1) is 6.92 Å². The minimum Gasteiger partial charge on any atom is -0.356 e. The quantitative estimate of drug-likeness (QED) is 0.939. The van der Waals surface area contributed by atoms with Crippen molar-refractivity contribution in [3.05, 3.63) is 23.7 Å². The highest BCUT2D eigenvalue weighted by molar-refractivity contribution is 7.84. The van der Waals surface area contributed by atoms with E-state index in [9.17, 15) is 4.21 Å². The Morgan fingerprint density at radius 2 is 2.11 bits per heavy atom. The predicted octanol–water partition coefficient (Wildman–Crippen LogP) is 2.64. The first-order valence-electron chi connectivity index (χ1n) is 6.19. The first-order valence-corrected chi connectivity index (χ1v) is 7.34. The first kappa shape index (κ1) is 14.1. The van der Waals surface area contributed by atoms with E-state index in [1.165, 1.54) is 0 Å². The molecule has 0 amide bonds. The fourth-order valence-electron chi connectivity index (χ4n) is 1.60. The van der Waals surface area contributed by atoms with Crippen molar-refractivity contribution in [3.8, 4) is 0 Å². The normalized spacial score (nSPS) is 15.6. The average Bonchev–Trinajstić information content (AvgIpc) is 2.69. The smallest absolute Gasteiger partial charge is 0.170 e. The van der Waals surface area contributed by atoms with E-state index >= 15 is 0 Å². The number of hydrogen-bond donors (Lipinski definition) is 1. The second-order valence-electron chi connectivity index (χ2n) is 5.59. The highest BCUT2D eigenvalue weighted by atomic mass is 32.2. The van der Waals surface area contributed by atoms with E-state index in [2.05, 4.69) is 14.9 Å². The third-order valence-electron chi connectivity index (χ3n) is 2.84. The van der Waals surface area contributed by atoms with E-state index in [0.717, 1.165) is 16.8 Å². The van der Waals surface area contributed by atoms with Crippen molar-refractivity contribution in [2.24, 2.45) is 0 Å². The molecule has 0 saturated heterocycles. The van der Waals surface area contributed by atoms with Crippen LogP contribution in [0.3, 0.4) is 0 Å². The number of pyridine rings is 1. The van der Waals surface area contributed by atoms with Gasteiger partial charge in [-0.2, -0.15) is 0 Å². The van der Waals surface area contributed by atoms with Crippen LogP contribution < -0.4 is 4.72 Å². The number of nitrogens with one attached hydrogen (secondary N) is 1. The fraction of sp³-hybridized carbons (Fsp3) is 0.538. The Kier molecular flexibility index (Phi) is 3.73. The fourth-order valence-corrected chi connectivity index (χ4v) is 2.40. The van der Waals surface area contributed by atoms with Crippen molar-refractivity contribution in [1.82, 2.24) is 14.9 Å². The zero-order valence-corrected chi connectivity index (χ0v) is 12.7. The van der Waals surface area contributed by atoms with E-state index in [-0.39, 0.29) is 10.8 Å². The van der Waals surface area contributed by atoms with Crippen LogP contribution >= 0.6 is 0 Å². The lowest BCUT2D eigenvalue weighted by Crippen LogP contribution is -2.35. The number of rotatable bonds is 3. The summed E-state index contributed by atoms with van der Waals surface area (Å²) in [6.45, 7) is 9.60. The third-order valence-corrected chi connectivity index (χ3v) is 4.52. The Bertz CT molecular complexity index is 616. The van der Waals surface area contributed by atoms with Crippen LogP contribution in [0.2, 0.25) is 0 Å². The van der Waals surface area contributed by atoms with E-state index in [4.69, 9.17) is 4.52 Å². The van der Waals surface area contributed by atoms with E-state index in [0.29, 0.717) is 5.58 Å². The molecule has 0 unspecified atom stereocenters. The summed E-state index contributed by atoms with van der Waals surface area (Å²) in [5.41, 5.74) is 2.33. The van der Waals surface area contributed by atoms with Crippen LogP contribution in [0.1, 0.15) is 45.1 Å². The van der Waals surface area contributed by atoms with Gasteiger partial charge in [-0.15, -0.1) is 0 Å². The summed E-state index contributed by atoms with van der Waals surface area (Å²) in [5, 5.41) is 4.81. The molecular formula is C13H19N3O2S. The number of aryl methyl sites for hydroxylation is 1. The van der Waals surface area contributed by atoms with Crippen molar-refractivity contribution >= 4 is 22.0 Å². The Balaban J connectivity index is 2.22. The number of aromatic nitrogens is 2. The van der Waals surface area contributed by atoms with Crippen LogP contribution in [0.5, 0.6) is 0 Å². The zero-order chi connectivity index (χ0) is 14.2. The van der Waals surface area contributed by atoms with Gasteiger partial charge in [-0.1, -0.05) is 5.16 Å².